The molecule has 1 heterocycles. The van der Waals surface area contributed by atoms with Gasteiger partial charge in [-0.05, 0) is 12.5 Å². The van der Waals surface area contributed by atoms with Crippen molar-refractivity contribution in [3.63, 3.8) is 0 Å². The maximum absolute atomic E-state index is 13.5. The molecule has 0 aliphatic rings. The van der Waals surface area contributed by atoms with E-state index in [1.54, 1.807) is 23.6 Å². The molecule has 4 nitrogen and oxygen atoms in total. The number of carbonyl (C=O) groups excluding carboxylic acids is 1. The van der Waals surface area contributed by atoms with Crippen molar-refractivity contribution in [2.45, 2.75) is 32.4 Å². The van der Waals surface area contributed by atoms with Gasteiger partial charge in [0.25, 0.3) is 5.91 Å². The van der Waals surface area contributed by atoms with Gasteiger partial charge >= 0.3 is 0 Å². The molecule has 3 N–H and O–H groups in total. The van der Waals surface area contributed by atoms with Crippen LogP contribution in [0.3, 0.4) is 0 Å². The molecule has 0 bridgehead atoms. The summed E-state index contributed by atoms with van der Waals surface area (Å²) in [7, 11) is 0. The predicted octanol–water partition coefficient (Wildman–Crippen LogP) is 3.01. The number of nitrogens with one attached hydrogen (secondary N) is 1. The van der Waals surface area contributed by atoms with E-state index in [9.17, 15) is 9.18 Å². The molecule has 0 saturated carbocycles. The van der Waals surface area contributed by atoms with Gasteiger partial charge in [0, 0.05) is 17.5 Å². The Hall–Kier alpha value is -1.79. The van der Waals surface area contributed by atoms with Gasteiger partial charge in [0.2, 0.25) is 0 Å². The number of benzene rings is 1. The lowest BCUT2D eigenvalue weighted by Gasteiger charge is -2.06. The van der Waals surface area contributed by atoms with Crippen LogP contribution in [0.2, 0.25) is 0 Å². The lowest BCUT2D eigenvalue weighted by Crippen LogP contribution is -2.23. The fraction of sp³-hybridized carbons (Fsp3) is 0.333. The maximum Gasteiger partial charge on any atom is 0.271 e. The molecular formula is C15H18FN3OS. The summed E-state index contributed by atoms with van der Waals surface area (Å²) in [6.07, 6.45) is 1.80. The Morgan fingerprint density at radius 1 is 1.48 bits per heavy atom. The van der Waals surface area contributed by atoms with Crippen molar-refractivity contribution < 1.29 is 9.18 Å². The Labute approximate surface area is 127 Å². The molecule has 2 rings (SSSR count). The molecule has 1 aromatic carbocycles. The van der Waals surface area contributed by atoms with E-state index in [0.717, 1.165) is 17.8 Å². The molecule has 1 unspecified atom stereocenters. The second kappa shape index (κ2) is 7.28. The van der Waals surface area contributed by atoms with Gasteiger partial charge < -0.3 is 11.1 Å². The molecule has 0 saturated heterocycles. The number of nitrogens with two attached hydrogens (primary N) is 1. The van der Waals surface area contributed by atoms with Crippen LogP contribution in [0, 0.1) is 5.82 Å². The molecule has 0 aliphatic heterocycles. The van der Waals surface area contributed by atoms with E-state index in [-0.39, 0.29) is 24.3 Å². The Kier molecular flexibility index (Phi) is 5.41. The lowest BCUT2D eigenvalue weighted by molar-refractivity contribution is 0.0946. The highest BCUT2D eigenvalue weighted by atomic mass is 32.1. The van der Waals surface area contributed by atoms with E-state index < -0.39 is 0 Å². The van der Waals surface area contributed by atoms with Crippen molar-refractivity contribution >= 4 is 17.2 Å². The molecule has 0 radical (unpaired) electrons. The number of thiazole rings is 1. The van der Waals surface area contributed by atoms with Gasteiger partial charge in [-0.15, -0.1) is 11.3 Å². The van der Waals surface area contributed by atoms with E-state index in [2.05, 4.69) is 17.2 Å². The molecule has 0 spiro atoms. The van der Waals surface area contributed by atoms with Crippen LogP contribution in [0.25, 0.3) is 0 Å². The zero-order valence-corrected chi connectivity index (χ0v) is 12.6. The first-order chi connectivity index (χ1) is 10.1. The fourth-order valence-corrected chi connectivity index (χ4v) is 2.74. The smallest absolute Gasteiger partial charge is 0.271 e. The van der Waals surface area contributed by atoms with Crippen LogP contribution in [0.4, 0.5) is 4.39 Å². The van der Waals surface area contributed by atoms with Crippen LogP contribution in [0.1, 0.15) is 46.9 Å². The molecule has 112 valence electrons. The van der Waals surface area contributed by atoms with Crippen LogP contribution in [0.5, 0.6) is 0 Å². The number of hydrogen-bond acceptors (Lipinski definition) is 4. The standard InChI is InChI=1S/C15H18FN3OS/c1-2-5-12(17)15-19-13(9-21-15)14(20)18-8-10-6-3-4-7-11(10)16/h3-4,6-7,9,12H,2,5,8,17H2,1H3,(H,18,20). The molecular weight excluding hydrogens is 289 g/mol. The van der Waals surface area contributed by atoms with Crippen molar-refractivity contribution in [3.8, 4) is 0 Å². The normalized spacial score (nSPS) is 12.1. The molecule has 21 heavy (non-hydrogen) atoms. The Bertz CT molecular complexity index is 614. The van der Waals surface area contributed by atoms with Crippen LogP contribution in [0.15, 0.2) is 29.6 Å². The van der Waals surface area contributed by atoms with Gasteiger partial charge in [0.1, 0.15) is 16.5 Å². The molecule has 0 fully saturated rings. The summed E-state index contributed by atoms with van der Waals surface area (Å²) < 4.78 is 13.5. The van der Waals surface area contributed by atoms with E-state index in [4.69, 9.17) is 5.73 Å². The van der Waals surface area contributed by atoms with Crippen LogP contribution in [-0.4, -0.2) is 10.9 Å². The summed E-state index contributed by atoms with van der Waals surface area (Å²) in [6.45, 7) is 2.19. The second-order valence-corrected chi connectivity index (χ2v) is 5.63. The summed E-state index contributed by atoms with van der Waals surface area (Å²) >= 11 is 1.38. The number of carbonyl (C=O) groups is 1. The van der Waals surface area contributed by atoms with Crippen LogP contribution < -0.4 is 11.1 Å². The second-order valence-electron chi connectivity index (χ2n) is 4.74. The average molecular weight is 307 g/mol. The summed E-state index contributed by atoms with van der Waals surface area (Å²) in [4.78, 5) is 16.2. The molecule has 2 aromatic rings. The highest BCUT2D eigenvalue weighted by molar-refractivity contribution is 7.09. The van der Waals surface area contributed by atoms with Crippen molar-refractivity contribution in [3.05, 3.63) is 51.7 Å². The first kappa shape index (κ1) is 15.6. The van der Waals surface area contributed by atoms with E-state index in [0.29, 0.717) is 11.3 Å². The van der Waals surface area contributed by atoms with Crippen molar-refractivity contribution in [1.29, 1.82) is 0 Å². The number of aromatic nitrogens is 1. The minimum absolute atomic E-state index is 0.131. The number of halogens is 1. The largest absolute Gasteiger partial charge is 0.346 e. The monoisotopic (exact) mass is 307 g/mol. The minimum Gasteiger partial charge on any atom is -0.346 e. The summed E-state index contributed by atoms with van der Waals surface area (Å²) in [5, 5.41) is 5.10. The third-order valence-corrected chi connectivity index (χ3v) is 4.05. The molecule has 1 atom stereocenters. The highest BCUT2D eigenvalue weighted by Gasteiger charge is 2.14. The van der Waals surface area contributed by atoms with Crippen molar-refractivity contribution in [1.82, 2.24) is 10.3 Å². The number of nitrogens with zero attached hydrogens (tertiary/aromatic N) is 1. The van der Waals surface area contributed by atoms with Crippen molar-refractivity contribution in [2.24, 2.45) is 5.73 Å². The third-order valence-electron chi connectivity index (χ3n) is 3.07. The first-order valence-corrected chi connectivity index (χ1v) is 7.72. The minimum atomic E-state index is -0.332. The van der Waals surface area contributed by atoms with E-state index >= 15 is 0 Å². The van der Waals surface area contributed by atoms with Crippen molar-refractivity contribution in [2.75, 3.05) is 0 Å². The zero-order chi connectivity index (χ0) is 15.2. The molecule has 6 heteroatoms. The lowest BCUT2D eigenvalue weighted by atomic mass is 10.2. The fourth-order valence-electron chi connectivity index (χ4n) is 1.90. The average Bonchev–Trinajstić information content (AvgIpc) is 2.96. The summed E-state index contributed by atoms with van der Waals surface area (Å²) in [6, 6.07) is 6.22. The van der Waals surface area contributed by atoms with Gasteiger partial charge in [0.15, 0.2) is 0 Å². The Balaban J connectivity index is 1.96. The molecule has 0 aliphatic carbocycles. The predicted molar refractivity (Wildman–Crippen MR) is 81.5 cm³/mol. The van der Waals surface area contributed by atoms with E-state index in [1.165, 1.54) is 17.4 Å². The van der Waals surface area contributed by atoms with E-state index in [1.807, 2.05) is 0 Å². The quantitative estimate of drug-likeness (QED) is 0.862. The summed E-state index contributed by atoms with van der Waals surface area (Å²) in [5.74, 6) is -0.647. The van der Waals surface area contributed by atoms with Gasteiger partial charge in [-0.25, -0.2) is 9.37 Å². The van der Waals surface area contributed by atoms with Crippen LogP contribution in [-0.2, 0) is 6.54 Å². The highest BCUT2D eigenvalue weighted by Crippen LogP contribution is 2.20. The van der Waals surface area contributed by atoms with Gasteiger partial charge in [0.05, 0.1) is 6.04 Å². The first-order valence-electron chi connectivity index (χ1n) is 6.84. The van der Waals surface area contributed by atoms with Gasteiger partial charge in [-0.1, -0.05) is 31.5 Å². The van der Waals surface area contributed by atoms with Gasteiger partial charge in [-0.2, -0.15) is 0 Å². The van der Waals surface area contributed by atoms with Gasteiger partial charge in [-0.3, -0.25) is 4.79 Å². The Morgan fingerprint density at radius 3 is 2.95 bits per heavy atom. The third kappa shape index (κ3) is 4.09. The molecule has 1 amide bonds. The summed E-state index contributed by atoms with van der Waals surface area (Å²) in [5.41, 5.74) is 6.75. The number of rotatable bonds is 6. The topological polar surface area (TPSA) is 68.0 Å². The Morgan fingerprint density at radius 2 is 2.24 bits per heavy atom. The maximum atomic E-state index is 13.5. The number of hydrogen-bond donors (Lipinski definition) is 2. The van der Waals surface area contributed by atoms with Crippen LogP contribution >= 0.6 is 11.3 Å². The zero-order valence-electron chi connectivity index (χ0n) is 11.8. The molecule has 1 aromatic heterocycles. The SMILES string of the molecule is CCCC(N)c1nc(C(=O)NCc2ccccc2F)cs1. The number of amides is 1.